The van der Waals surface area contributed by atoms with Crippen molar-refractivity contribution in [3.05, 3.63) is 130 Å². The van der Waals surface area contributed by atoms with E-state index < -0.39 is 17.5 Å². The fourth-order valence-electron chi connectivity index (χ4n) is 3.98. The summed E-state index contributed by atoms with van der Waals surface area (Å²) in [5.41, 5.74) is 5.92. The molecule has 5 rings (SSSR count). The highest BCUT2D eigenvalue weighted by atomic mass is 35.5. The molecule has 0 atom stereocenters. The van der Waals surface area contributed by atoms with Gasteiger partial charge in [0.15, 0.2) is 28.8 Å². The smallest absolute Gasteiger partial charge is 0.273 e. The molecule has 0 unspecified atom stereocenters. The summed E-state index contributed by atoms with van der Waals surface area (Å²) < 4.78 is 40.1. The van der Waals surface area contributed by atoms with E-state index in [0.29, 0.717) is 0 Å². The van der Waals surface area contributed by atoms with E-state index >= 15 is 0 Å². The normalized spacial score (nSPS) is 10.4. The molecule has 0 radical (unpaired) electrons. The Kier molecular flexibility index (Phi) is 13.4. The van der Waals surface area contributed by atoms with Crippen molar-refractivity contribution in [3.8, 4) is 35.1 Å². The van der Waals surface area contributed by atoms with Crippen molar-refractivity contribution in [2.24, 2.45) is 5.73 Å². The Morgan fingerprint density at radius 3 is 1.72 bits per heavy atom. The van der Waals surface area contributed by atoms with Gasteiger partial charge in [-0.05, 0) is 24.3 Å². The van der Waals surface area contributed by atoms with Crippen molar-refractivity contribution in [1.29, 1.82) is 10.5 Å². The Labute approximate surface area is 317 Å². The minimum atomic E-state index is -0.819. The lowest BCUT2D eigenvalue weighted by Crippen LogP contribution is -2.24. The van der Waals surface area contributed by atoms with E-state index in [4.69, 9.17) is 107 Å². The standard InChI is InChI=1S/C18H9Cl4FN4O2.C14H8Cl3FN2O/c19-10-3-9(5-24)13(21)12(4-10)29-16-11(20)2-1-8(14(16)23)6-25-18(28)15-17(22)27-7-26-15;15-9-3-8(6-20)12(17)11(4-9)21-14-10(16)2-1-7(5-19)13(14)18/h1-4,7H,6H2,(H,25,28)(H,26,27);1-4H,5,19H2. The van der Waals surface area contributed by atoms with Gasteiger partial charge in [-0.25, -0.2) is 13.8 Å². The zero-order valence-electron chi connectivity index (χ0n) is 24.7. The van der Waals surface area contributed by atoms with Gasteiger partial charge >= 0.3 is 0 Å². The van der Waals surface area contributed by atoms with E-state index in [1.54, 1.807) is 0 Å². The monoisotopic (exact) mass is 816 g/mol. The number of H-pyrrole nitrogens is 1. The Hall–Kier alpha value is -4.01. The predicted molar refractivity (Wildman–Crippen MR) is 188 cm³/mol. The summed E-state index contributed by atoms with van der Waals surface area (Å²) in [7, 11) is 0. The molecule has 0 saturated carbocycles. The van der Waals surface area contributed by atoms with E-state index in [9.17, 15) is 13.6 Å². The van der Waals surface area contributed by atoms with Crippen LogP contribution in [0.4, 0.5) is 8.78 Å². The summed E-state index contributed by atoms with van der Waals surface area (Å²) in [5.74, 6) is -2.64. The van der Waals surface area contributed by atoms with Crippen LogP contribution in [0.2, 0.25) is 35.3 Å². The van der Waals surface area contributed by atoms with E-state index in [0.717, 1.165) is 0 Å². The molecule has 0 aliphatic rings. The Bertz CT molecular complexity index is 2190. The zero-order valence-corrected chi connectivity index (χ0v) is 29.9. The molecule has 50 heavy (non-hydrogen) atoms. The van der Waals surface area contributed by atoms with Crippen LogP contribution in [0.5, 0.6) is 23.0 Å². The average Bonchev–Trinajstić information content (AvgIpc) is 3.53. The zero-order chi connectivity index (χ0) is 36.7. The quantitative estimate of drug-likeness (QED) is 0.141. The van der Waals surface area contributed by atoms with Gasteiger partial charge in [0.25, 0.3) is 5.91 Å². The van der Waals surface area contributed by atoms with E-state index in [-0.39, 0.29) is 99.3 Å². The number of rotatable bonds is 8. The van der Waals surface area contributed by atoms with Gasteiger partial charge in [-0.1, -0.05) is 93.3 Å². The molecule has 0 spiro atoms. The second kappa shape index (κ2) is 17.3. The van der Waals surface area contributed by atoms with Gasteiger partial charge in [-0.15, -0.1) is 0 Å². The average molecular weight is 820 g/mol. The number of halogens is 9. The number of benzene rings is 4. The maximum atomic E-state index is 15.0. The van der Waals surface area contributed by atoms with Crippen molar-refractivity contribution >= 4 is 87.1 Å². The van der Waals surface area contributed by atoms with Crippen LogP contribution in [0.15, 0.2) is 54.9 Å². The molecule has 4 N–H and O–H groups in total. The summed E-state index contributed by atoms with van der Waals surface area (Å²) in [6, 6.07) is 14.9. The molecule has 4 aromatic carbocycles. The number of carbonyl (C=O) groups is 1. The van der Waals surface area contributed by atoms with Gasteiger partial charge in [0.1, 0.15) is 38.8 Å². The second-order valence-corrected chi connectivity index (χ2v) is 12.4. The fraction of sp³-hybridized carbons (Fsp3) is 0.0625. The molecular weight excluding hydrogens is 803 g/mol. The lowest BCUT2D eigenvalue weighted by atomic mass is 10.2. The molecule has 1 amide bonds. The van der Waals surface area contributed by atoms with Crippen LogP contribution < -0.4 is 20.5 Å². The van der Waals surface area contributed by atoms with Crippen molar-refractivity contribution in [3.63, 3.8) is 0 Å². The van der Waals surface area contributed by atoms with Crippen LogP contribution in [0, 0.1) is 34.3 Å². The third kappa shape index (κ3) is 9.01. The van der Waals surface area contributed by atoms with Crippen LogP contribution in [0.1, 0.15) is 32.7 Å². The first-order chi connectivity index (χ1) is 23.8. The molecular formula is C32H17Cl7F2N6O3. The minimum absolute atomic E-state index is 0.00785. The van der Waals surface area contributed by atoms with Crippen LogP contribution in [-0.2, 0) is 13.1 Å². The first-order valence-electron chi connectivity index (χ1n) is 13.5. The Morgan fingerprint density at radius 2 is 1.28 bits per heavy atom. The van der Waals surface area contributed by atoms with Crippen LogP contribution in [-0.4, -0.2) is 15.9 Å². The number of nitriles is 2. The maximum Gasteiger partial charge on any atom is 0.273 e. The number of aromatic nitrogens is 2. The number of imidazole rings is 1. The number of hydrogen-bond acceptors (Lipinski definition) is 7. The molecule has 0 bridgehead atoms. The minimum Gasteiger partial charge on any atom is -0.451 e. The van der Waals surface area contributed by atoms with E-state index in [2.05, 4.69) is 15.3 Å². The van der Waals surface area contributed by atoms with Crippen molar-refractivity contribution in [1.82, 2.24) is 15.3 Å². The number of ether oxygens (including phenoxy) is 2. The molecule has 18 heteroatoms. The largest absolute Gasteiger partial charge is 0.451 e. The van der Waals surface area contributed by atoms with Gasteiger partial charge in [0.05, 0.1) is 27.5 Å². The maximum absolute atomic E-state index is 15.0. The Morgan fingerprint density at radius 1 is 0.800 bits per heavy atom. The summed E-state index contributed by atoms with van der Waals surface area (Å²) in [6.45, 7) is -0.194. The van der Waals surface area contributed by atoms with Gasteiger partial charge in [0.2, 0.25) is 0 Å². The molecule has 0 aliphatic carbocycles. The topological polar surface area (TPSA) is 150 Å². The highest BCUT2D eigenvalue weighted by molar-refractivity contribution is 6.36. The molecule has 256 valence electrons. The summed E-state index contributed by atoms with van der Waals surface area (Å²) in [4.78, 5) is 18.4. The van der Waals surface area contributed by atoms with Gasteiger partial charge in [-0.3, -0.25) is 4.79 Å². The second-order valence-electron chi connectivity index (χ2n) is 9.61. The van der Waals surface area contributed by atoms with E-state index in [1.165, 1.54) is 54.9 Å². The fourth-order valence-corrected chi connectivity index (χ4v) is 5.33. The number of carbonyl (C=O) groups excluding carboxylic acids is 1. The molecule has 0 aliphatic heterocycles. The molecule has 1 heterocycles. The predicted octanol–water partition coefficient (Wildman–Crippen LogP) is 10.7. The summed E-state index contributed by atoms with van der Waals surface area (Å²) in [5, 5.41) is 21.0. The molecule has 9 nitrogen and oxygen atoms in total. The number of nitrogens with two attached hydrogens (primary N) is 1. The lowest BCUT2D eigenvalue weighted by Gasteiger charge is -2.14. The van der Waals surface area contributed by atoms with Crippen molar-refractivity contribution < 1.29 is 23.0 Å². The van der Waals surface area contributed by atoms with Crippen molar-refractivity contribution in [2.75, 3.05) is 0 Å². The van der Waals surface area contributed by atoms with Gasteiger partial charge in [0, 0.05) is 46.4 Å². The third-order valence-electron chi connectivity index (χ3n) is 6.40. The number of hydrogen-bond donors (Lipinski definition) is 3. The van der Waals surface area contributed by atoms with Gasteiger partial charge in [-0.2, -0.15) is 10.5 Å². The number of nitrogens with one attached hydrogen (secondary N) is 2. The highest BCUT2D eigenvalue weighted by Gasteiger charge is 2.20. The lowest BCUT2D eigenvalue weighted by molar-refractivity contribution is 0.0946. The molecule has 0 fully saturated rings. The summed E-state index contributed by atoms with van der Waals surface area (Å²) in [6.07, 6.45) is 1.26. The van der Waals surface area contributed by atoms with Gasteiger partial charge < -0.3 is 25.5 Å². The molecule has 1 aromatic heterocycles. The molecule has 5 aromatic rings. The number of aromatic amines is 1. The van der Waals surface area contributed by atoms with Crippen molar-refractivity contribution in [2.45, 2.75) is 13.1 Å². The number of nitrogens with zero attached hydrogens (tertiary/aromatic N) is 3. The highest BCUT2D eigenvalue weighted by Crippen LogP contribution is 2.41. The first-order valence-corrected chi connectivity index (χ1v) is 16.2. The summed E-state index contributed by atoms with van der Waals surface area (Å²) >= 11 is 41.7. The van der Waals surface area contributed by atoms with Crippen LogP contribution in [0.25, 0.3) is 0 Å². The first kappa shape index (κ1) is 38.8. The molecule has 0 saturated heterocycles. The Balaban J connectivity index is 0.000000237. The third-order valence-corrected chi connectivity index (χ3v) is 8.50. The van der Waals surface area contributed by atoms with Crippen LogP contribution >= 0.6 is 81.2 Å². The SMILES string of the molecule is N#Cc1cc(Cl)cc(Oc2c(Cl)ccc(CN)c2F)c1Cl.N#Cc1cc(Cl)cc(Oc2c(Cl)ccc(CNC(=O)c3nc[nH]c3Cl)c2F)c1Cl. The van der Waals surface area contributed by atoms with E-state index in [1.807, 2.05) is 12.1 Å². The van der Waals surface area contributed by atoms with Crippen LogP contribution in [0.3, 0.4) is 0 Å². The number of amides is 1.